The largest absolute Gasteiger partial charge is 0.493 e. The van der Waals surface area contributed by atoms with Crippen LogP contribution >= 0.6 is 0 Å². The molecule has 50 heavy (non-hydrogen) atoms. The Morgan fingerprint density at radius 2 is 1.68 bits per heavy atom. The highest BCUT2D eigenvalue weighted by molar-refractivity contribution is 6.02. The molecule has 270 valence electrons. The van der Waals surface area contributed by atoms with E-state index in [1.54, 1.807) is 4.68 Å². The molecule has 18 heteroatoms. The van der Waals surface area contributed by atoms with Crippen molar-refractivity contribution >= 4 is 23.7 Å². The van der Waals surface area contributed by atoms with Gasteiger partial charge in [0.1, 0.15) is 11.5 Å². The maximum Gasteiger partial charge on any atom is 0.364 e. The number of unbranched alkanes of at least 4 members (excludes halogenated alkanes) is 2. The fourth-order valence-corrected chi connectivity index (χ4v) is 5.26. The van der Waals surface area contributed by atoms with Gasteiger partial charge in [-0.2, -0.15) is 0 Å². The van der Waals surface area contributed by atoms with E-state index in [-0.39, 0.29) is 37.3 Å². The maximum absolute atomic E-state index is 13.3. The van der Waals surface area contributed by atoms with Crippen LogP contribution in [0.25, 0.3) is 10.4 Å². The van der Waals surface area contributed by atoms with E-state index in [0.29, 0.717) is 67.6 Å². The first-order valence-corrected chi connectivity index (χ1v) is 16.8. The van der Waals surface area contributed by atoms with Crippen molar-refractivity contribution in [3.05, 3.63) is 57.5 Å². The second kappa shape index (κ2) is 19.6. The molecular weight excluding hydrogens is 650 g/mol. The Bertz CT molecular complexity index is 1560. The quantitative estimate of drug-likeness (QED) is 0.0533. The van der Waals surface area contributed by atoms with Crippen LogP contribution in [0, 0.1) is 0 Å². The highest BCUT2D eigenvalue weighted by Crippen LogP contribution is 2.33. The molecule has 2 aliphatic rings. The van der Waals surface area contributed by atoms with Gasteiger partial charge in [-0.15, -0.1) is 15.7 Å². The number of allylic oxidation sites excluding steroid dienone is 1. The van der Waals surface area contributed by atoms with Crippen molar-refractivity contribution in [1.29, 1.82) is 0 Å². The second-order valence-electron chi connectivity index (χ2n) is 11.9. The van der Waals surface area contributed by atoms with E-state index in [1.807, 2.05) is 31.5 Å². The number of carbonyl (C=O) groups excluding carboxylic acids is 4. The van der Waals surface area contributed by atoms with Crippen molar-refractivity contribution in [2.75, 3.05) is 33.4 Å². The summed E-state index contributed by atoms with van der Waals surface area (Å²) >= 11 is 0. The van der Waals surface area contributed by atoms with Crippen molar-refractivity contribution in [3.63, 3.8) is 0 Å². The Morgan fingerprint density at radius 1 is 0.980 bits per heavy atom. The first-order valence-electron chi connectivity index (χ1n) is 16.8. The Balaban J connectivity index is 1.47. The van der Waals surface area contributed by atoms with Crippen LogP contribution in [0.4, 0.5) is 0 Å². The molecule has 0 unspecified atom stereocenters. The number of nitrogens with one attached hydrogen (secondary N) is 3. The molecule has 1 saturated heterocycles. The van der Waals surface area contributed by atoms with Gasteiger partial charge in [-0.25, -0.2) is 4.79 Å². The highest BCUT2D eigenvalue weighted by Gasteiger charge is 2.33. The van der Waals surface area contributed by atoms with E-state index in [2.05, 4.69) is 36.6 Å². The van der Waals surface area contributed by atoms with Gasteiger partial charge in [0.15, 0.2) is 0 Å². The summed E-state index contributed by atoms with van der Waals surface area (Å²) in [5, 5.41) is 16.8. The lowest BCUT2D eigenvalue weighted by molar-refractivity contribution is -0.172. The molecule has 3 heterocycles. The molecule has 1 aromatic carbocycles. The van der Waals surface area contributed by atoms with E-state index < -0.39 is 17.8 Å². The third kappa shape index (κ3) is 12.0. The number of hydrazine groups is 2. The summed E-state index contributed by atoms with van der Waals surface area (Å²) in [6.45, 7) is 1.32. The number of azide groups is 1. The van der Waals surface area contributed by atoms with E-state index >= 15 is 0 Å². The van der Waals surface area contributed by atoms with Crippen LogP contribution in [0.5, 0.6) is 11.5 Å². The zero-order valence-corrected chi connectivity index (χ0v) is 28.6. The lowest BCUT2D eigenvalue weighted by Gasteiger charge is -2.19. The number of hydrogen-bond donors (Lipinski definition) is 3. The average Bonchev–Trinajstić information content (AvgIpc) is 3.81. The van der Waals surface area contributed by atoms with Crippen LogP contribution < -0.4 is 25.8 Å². The van der Waals surface area contributed by atoms with Crippen molar-refractivity contribution in [2.45, 2.75) is 77.0 Å². The Morgan fingerprint density at radius 3 is 2.30 bits per heavy atom. The number of imide groups is 1. The molecule has 4 rings (SSSR count). The van der Waals surface area contributed by atoms with Gasteiger partial charge >= 0.3 is 5.97 Å². The van der Waals surface area contributed by atoms with Gasteiger partial charge in [0.05, 0.1) is 24.5 Å². The van der Waals surface area contributed by atoms with Crippen molar-refractivity contribution in [3.8, 4) is 11.5 Å². The summed E-state index contributed by atoms with van der Waals surface area (Å²) in [5.74, 6) is -1.38. The molecule has 0 spiro atoms. The van der Waals surface area contributed by atoms with Crippen LogP contribution in [-0.4, -0.2) is 82.1 Å². The van der Waals surface area contributed by atoms with Gasteiger partial charge in [0, 0.05) is 75.0 Å². The Labute approximate surface area is 290 Å². The van der Waals surface area contributed by atoms with E-state index in [0.717, 1.165) is 43.5 Å². The standard InChI is InChI=1S/C32H45N11O7/c1-41-21-24(36-39-41)9-3-5-17-48-27-19-23(32(47)50-43-30(45)13-14-31(43)46)20-28(49-18-6-4-10-25-22-42(2)40-37-25)26(27)11-7-15-34-29(44)12-8-16-35-38-33/h19-22,36,39H,3-18H2,1-2H3,(H,34,44). The zero-order chi connectivity index (χ0) is 35.7. The number of ether oxygens (including phenoxy) is 2. The van der Waals surface area contributed by atoms with Crippen LogP contribution in [0.2, 0.25) is 0 Å². The van der Waals surface area contributed by atoms with Gasteiger partial charge in [0.2, 0.25) is 5.91 Å². The summed E-state index contributed by atoms with van der Waals surface area (Å²) in [6, 6.07) is 3.08. The molecule has 0 aliphatic carbocycles. The first-order chi connectivity index (χ1) is 24.2. The number of hydrogen-bond acceptors (Lipinski definition) is 13. The van der Waals surface area contributed by atoms with Gasteiger partial charge < -0.3 is 25.1 Å². The van der Waals surface area contributed by atoms with Gasteiger partial charge in [-0.3, -0.25) is 24.1 Å². The molecule has 3 amide bonds. The average molecular weight is 696 g/mol. The predicted molar refractivity (Wildman–Crippen MR) is 178 cm³/mol. The smallest absolute Gasteiger partial charge is 0.364 e. The number of nitrogens with zero attached hydrogens (tertiary/aromatic N) is 8. The summed E-state index contributed by atoms with van der Waals surface area (Å²) in [7, 11) is 3.71. The zero-order valence-electron chi connectivity index (χ0n) is 28.6. The summed E-state index contributed by atoms with van der Waals surface area (Å²) in [5.41, 5.74) is 17.2. The minimum Gasteiger partial charge on any atom is -0.493 e. The number of amides is 3. The molecule has 0 atom stereocenters. The van der Waals surface area contributed by atoms with Crippen LogP contribution in [0.3, 0.4) is 0 Å². The molecule has 2 aromatic rings. The lowest BCUT2D eigenvalue weighted by Crippen LogP contribution is -2.33. The van der Waals surface area contributed by atoms with E-state index in [4.69, 9.17) is 19.8 Å². The third-order valence-corrected chi connectivity index (χ3v) is 7.81. The highest BCUT2D eigenvalue weighted by atomic mass is 16.7. The lowest BCUT2D eigenvalue weighted by atomic mass is 10.0. The molecule has 1 aromatic heterocycles. The number of hydroxylamine groups is 2. The molecule has 0 radical (unpaired) electrons. The van der Waals surface area contributed by atoms with Gasteiger partial charge in [-0.05, 0) is 75.5 Å². The predicted octanol–water partition coefficient (Wildman–Crippen LogP) is 2.92. The van der Waals surface area contributed by atoms with Crippen LogP contribution in [-0.2, 0) is 39.1 Å². The SMILES string of the molecule is CN1C=C(CCCCOc2cc(C(=O)ON3C(=O)CCC3=O)cc(OCCCCc3cn(C)nn3)c2CCCNC(=O)CCCN=[N+]=[N-])NN1. The summed E-state index contributed by atoms with van der Waals surface area (Å²) in [4.78, 5) is 57.7. The maximum atomic E-state index is 13.3. The fraction of sp³-hybridized carbons (Fsp3) is 0.562. The summed E-state index contributed by atoms with van der Waals surface area (Å²) < 4.78 is 14.2. The number of benzene rings is 1. The van der Waals surface area contributed by atoms with Crippen molar-refractivity contribution in [2.24, 2.45) is 12.2 Å². The molecule has 2 aliphatic heterocycles. The number of aryl methyl sites for hydroxylation is 2. The normalized spacial score (nSPS) is 13.9. The summed E-state index contributed by atoms with van der Waals surface area (Å²) in [6.07, 6.45) is 10.1. The Kier molecular flexibility index (Phi) is 14.7. The van der Waals surface area contributed by atoms with Crippen molar-refractivity contribution in [1.82, 2.24) is 41.3 Å². The second-order valence-corrected chi connectivity index (χ2v) is 11.9. The van der Waals surface area contributed by atoms with E-state index in [9.17, 15) is 19.2 Å². The number of aromatic nitrogens is 3. The Hall–Kier alpha value is -5.35. The topological polar surface area (TPSA) is 218 Å². The molecule has 18 nitrogen and oxygen atoms in total. The minimum atomic E-state index is -0.888. The van der Waals surface area contributed by atoms with Gasteiger partial charge in [0.25, 0.3) is 11.8 Å². The third-order valence-electron chi connectivity index (χ3n) is 7.81. The molecular formula is C32H45N11O7. The van der Waals surface area contributed by atoms with E-state index in [1.165, 1.54) is 12.1 Å². The van der Waals surface area contributed by atoms with Crippen molar-refractivity contribution < 1.29 is 33.5 Å². The van der Waals surface area contributed by atoms with Crippen LogP contribution in [0.15, 0.2) is 35.3 Å². The monoisotopic (exact) mass is 695 g/mol. The first kappa shape index (κ1) is 37.5. The molecule has 0 saturated carbocycles. The minimum absolute atomic E-state index is 0.0224. The number of carbonyl (C=O) groups is 4. The number of rotatable bonds is 22. The fourth-order valence-electron chi connectivity index (χ4n) is 5.26. The molecule has 0 bridgehead atoms. The molecule has 3 N–H and O–H groups in total. The molecule has 1 fully saturated rings. The van der Waals surface area contributed by atoms with Crippen LogP contribution in [0.1, 0.15) is 85.8 Å². The van der Waals surface area contributed by atoms with Gasteiger partial charge in [-0.1, -0.05) is 10.3 Å².